The van der Waals surface area contributed by atoms with Crippen LogP contribution in [0.2, 0.25) is 0 Å². The Morgan fingerprint density at radius 2 is 1.76 bits per heavy atom. The summed E-state index contributed by atoms with van der Waals surface area (Å²) in [6, 6.07) is 7.11. The number of hydrogen-bond donors (Lipinski definition) is 5. The van der Waals surface area contributed by atoms with Crippen LogP contribution in [0.5, 0.6) is 0 Å². The quantitative estimate of drug-likeness (QED) is 0.161. The molecule has 0 aliphatic heterocycles. The van der Waals surface area contributed by atoms with E-state index in [9.17, 15) is 4.79 Å². The minimum Gasteiger partial charge on any atom is -0.378 e. The molecule has 11 nitrogen and oxygen atoms in total. The van der Waals surface area contributed by atoms with Gasteiger partial charge in [0, 0.05) is 37.4 Å². The molecule has 0 saturated carbocycles. The Balaban J connectivity index is 1.93. The van der Waals surface area contributed by atoms with Crippen LogP contribution in [0.3, 0.4) is 0 Å². The summed E-state index contributed by atoms with van der Waals surface area (Å²) in [5.41, 5.74) is 6.54. The van der Waals surface area contributed by atoms with Crippen molar-refractivity contribution >= 4 is 29.4 Å². The number of anilines is 4. The van der Waals surface area contributed by atoms with Gasteiger partial charge in [-0.05, 0) is 24.6 Å². The van der Waals surface area contributed by atoms with E-state index in [1.54, 1.807) is 24.3 Å². The number of nitrogens with zero attached hydrogens (tertiary/aromatic N) is 3. The first-order chi connectivity index (χ1) is 16.7. The third-order valence-corrected chi connectivity index (χ3v) is 4.40. The number of rotatable bonds is 18. The molecule has 0 bridgehead atoms. The molecule has 2 rings (SSSR count). The highest BCUT2D eigenvalue weighted by molar-refractivity contribution is 5.95. The Labute approximate surface area is 200 Å². The highest BCUT2D eigenvalue weighted by atomic mass is 16.5. The molecular weight excluding hydrogens is 436 g/mol. The standard InChI is InChI=1S/C23H36N8O3/c1-3-5-11-27-22-29-21(26-10-4-2)30-23(31-22)28-19-8-6-7-18(17-19)20(32)25-12-14-34-16-15-33-13-9-24/h4,6-8,17H,2-3,5,9-16,24H2,1H3,(H,25,32)(H3,26,27,28,29,30,31). The Hall–Kier alpha value is -3.28. The average molecular weight is 473 g/mol. The molecule has 11 heteroatoms. The monoisotopic (exact) mass is 472 g/mol. The van der Waals surface area contributed by atoms with Gasteiger partial charge in [0.1, 0.15) is 0 Å². The molecule has 6 N–H and O–H groups in total. The number of nitrogens with two attached hydrogens (primary N) is 1. The van der Waals surface area contributed by atoms with Crippen molar-refractivity contribution in [3.63, 3.8) is 0 Å². The third-order valence-electron chi connectivity index (χ3n) is 4.40. The Bertz CT molecular complexity index is 881. The van der Waals surface area contributed by atoms with Crippen molar-refractivity contribution in [2.24, 2.45) is 5.73 Å². The molecule has 186 valence electrons. The van der Waals surface area contributed by atoms with Crippen molar-refractivity contribution in [2.45, 2.75) is 19.8 Å². The predicted octanol–water partition coefficient (Wildman–Crippen LogP) is 2.15. The van der Waals surface area contributed by atoms with Gasteiger partial charge in [0.15, 0.2) is 0 Å². The van der Waals surface area contributed by atoms with Crippen molar-refractivity contribution in [3.05, 3.63) is 42.5 Å². The number of ether oxygens (including phenoxy) is 2. The minimum absolute atomic E-state index is 0.197. The molecule has 34 heavy (non-hydrogen) atoms. The van der Waals surface area contributed by atoms with Gasteiger partial charge in [0.25, 0.3) is 5.91 Å². The molecule has 0 aliphatic rings. The summed E-state index contributed by atoms with van der Waals surface area (Å²) in [4.78, 5) is 25.7. The molecule has 0 aliphatic carbocycles. The molecule has 0 saturated heterocycles. The molecular formula is C23H36N8O3. The average Bonchev–Trinajstić information content (AvgIpc) is 2.84. The van der Waals surface area contributed by atoms with E-state index < -0.39 is 0 Å². The number of nitrogens with one attached hydrogen (secondary N) is 4. The van der Waals surface area contributed by atoms with Crippen LogP contribution >= 0.6 is 0 Å². The lowest BCUT2D eigenvalue weighted by atomic mass is 10.2. The zero-order chi connectivity index (χ0) is 24.4. The first-order valence-electron chi connectivity index (χ1n) is 11.5. The number of unbranched alkanes of at least 4 members (excludes halogenated alkanes) is 1. The lowest BCUT2D eigenvalue weighted by Gasteiger charge is -2.11. The molecule has 1 aromatic heterocycles. The second-order valence-corrected chi connectivity index (χ2v) is 7.23. The molecule has 0 atom stereocenters. The van der Waals surface area contributed by atoms with Gasteiger partial charge in [-0.15, -0.1) is 6.58 Å². The maximum atomic E-state index is 12.5. The van der Waals surface area contributed by atoms with E-state index >= 15 is 0 Å². The van der Waals surface area contributed by atoms with Crippen LogP contribution < -0.4 is 27.0 Å². The van der Waals surface area contributed by atoms with Crippen molar-refractivity contribution in [1.29, 1.82) is 0 Å². The summed E-state index contributed by atoms with van der Waals surface area (Å²) in [5.74, 6) is 1.07. The van der Waals surface area contributed by atoms with E-state index in [2.05, 4.69) is 49.7 Å². The van der Waals surface area contributed by atoms with E-state index in [1.165, 1.54) is 0 Å². The van der Waals surface area contributed by atoms with Gasteiger partial charge in [-0.2, -0.15) is 15.0 Å². The molecule has 0 unspecified atom stereocenters. The van der Waals surface area contributed by atoms with Gasteiger partial charge in [0.05, 0.1) is 26.4 Å². The Morgan fingerprint density at radius 1 is 1.03 bits per heavy atom. The second kappa shape index (κ2) is 16.4. The third kappa shape index (κ3) is 10.6. The largest absolute Gasteiger partial charge is 0.378 e. The lowest BCUT2D eigenvalue weighted by Crippen LogP contribution is -2.27. The topological polar surface area (TPSA) is 148 Å². The van der Waals surface area contributed by atoms with Crippen molar-refractivity contribution in [3.8, 4) is 0 Å². The maximum Gasteiger partial charge on any atom is 0.251 e. The molecule has 0 radical (unpaired) electrons. The summed E-state index contributed by atoms with van der Waals surface area (Å²) in [6.07, 6.45) is 3.80. The van der Waals surface area contributed by atoms with Gasteiger partial charge in [-0.3, -0.25) is 4.79 Å². The van der Waals surface area contributed by atoms with Gasteiger partial charge < -0.3 is 36.5 Å². The number of hydrogen-bond acceptors (Lipinski definition) is 10. The highest BCUT2D eigenvalue weighted by Gasteiger charge is 2.09. The smallest absolute Gasteiger partial charge is 0.251 e. The van der Waals surface area contributed by atoms with Crippen LogP contribution in [-0.2, 0) is 9.47 Å². The fraction of sp³-hybridized carbons (Fsp3) is 0.478. The van der Waals surface area contributed by atoms with E-state index in [-0.39, 0.29) is 5.91 Å². The SMILES string of the molecule is C=CCNc1nc(NCCCC)nc(Nc2cccc(C(=O)NCCOCCOCCN)c2)n1. The maximum absolute atomic E-state index is 12.5. The molecule has 1 amide bonds. The molecule has 0 fully saturated rings. The zero-order valence-electron chi connectivity index (χ0n) is 19.8. The summed E-state index contributed by atoms with van der Waals surface area (Å²) in [5, 5.41) is 12.3. The summed E-state index contributed by atoms with van der Waals surface area (Å²) < 4.78 is 10.7. The van der Waals surface area contributed by atoms with E-state index in [0.717, 1.165) is 19.4 Å². The number of carbonyl (C=O) groups excluding carboxylic acids is 1. The summed E-state index contributed by atoms with van der Waals surface area (Å²) in [7, 11) is 0. The van der Waals surface area contributed by atoms with Gasteiger partial charge in [-0.1, -0.05) is 25.5 Å². The summed E-state index contributed by atoms with van der Waals surface area (Å²) >= 11 is 0. The number of aromatic nitrogens is 3. The van der Waals surface area contributed by atoms with Gasteiger partial charge in [0.2, 0.25) is 17.8 Å². The number of amides is 1. The fourth-order valence-electron chi connectivity index (χ4n) is 2.74. The Morgan fingerprint density at radius 3 is 2.50 bits per heavy atom. The molecule has 0 spiro atoms. The molecule has 1 heterocycles. The van der Waals surface area contributed by atoms with Crippen LogP contribution in [0.4, 0.5) is 23.5 Å². The van der Waals surface area contributed by atoms with Crippen molar-refractivity contribution in [1.82, 2.24) is 20.3 Å². The summed E-state index contributed by atoms with van der Waals surface area (Å²) in [6.45, 7) is 9.85. The van der Waals surface area contributed by atoms with Gasteiger partial charge >= 0.3 is 0 Å². The Kier molecular flexibility index (Phi) is 13.0. The second-order valence-electron chi connectivity index (χ2n) is 7.23. The van der Waals surface area contributed by atoms with E-state index in [4.69, 9.17) is 15.2 Å². The molecule has 1 aromatic carbocycles. The van der Waals surface area contributed by atoms with Crippen LogP contribution in [0.25, 0.3) is 0 Å². The fourth-order valence-corrected chi connectivity index (χ4v) is 2.74. The van der Waals surface area contributed by atoms with E-state index in [1.807, 2.05) is 6.07 Å². The number of benzene rings is 1. The first-order valence-corrected chi connectivity index (χ1v) is 11.5. The number of carbonyl (C=O) groups is 1. The predicted molar refractivity (Wildman–Crippen MR) is 135 cm³/mol. The normalized spacial score (nSPS) is 10.5. The zero-order valence-corrected chi connectivity index (χ0v) is 19.8. The van der Waals surface area contributed by atoms with Crippen molar-refractivity contribution < 1.29 is 14.3 Å². The van der Waals surface area contributed by atoms with Crippen LogP contribution in [0.15, 0.2) is 36.9 Å². The van der Waals surface area contributed by atoms with Crippen LogP contribution in [-0.4, -0.2) is 73.5 Å². The van der Waals surface area contributed by atoms with Crippen LogP contribution in [0, 0.1) is 0 Å². The minimum atomic E-state index is -0.197. The highest BCUT2D eigenvalue weighted by Crippen LogP contribution is 2.17. The molecule has 2 aromatic rings. The lowest BCUT2D eigenvalue weighted by molar-refractivity contribution is 0.0511. The van der Waals surface area contributed by atoms with E-state index in [0.29, 0.717) is 75.2 Å². The first kappa shape index (κ1) is 27.0. The van der Waals surface area contributed by atoms with Crippen molar-refractivity contribution in [2.75, 3.05) is 68.6 Å². The van der Waals surface area contributed by atoms with Gasteiger partial charge in [-0.25, -0.2) is 0 Å². The van der Waals surface area contributed by atoms with Crippen LogP contribution in [0.1, 0.15) is 30.1 Å².